The molecule has 0 aromatic heterocycles. The Morgan fingerprint density at radius 3 is 2.28 bits per heavy atom. The number of benzene rings is 3. The van der Waals surface area contributed by atoms with Gasteiger partial charge in [-0.1, -0.05) is 61.5 Å². The lowest BCUT2D eigenvalue weighted by Gasteiger charge is -2.25. The first kappa shape index (κ1) is 29.9. The summed E-state index contributed by atoms with van der Waals surface area (Å²) in [7, 11) is 1.71. The topological polar surface area (TPSA) is 81.7 Å². The molecule has 0 radical (unpaired) electrons. The van der Waals surface area contributed by atoms with Gasteiger partial charge in [0.2, 0.25) is 0 Å². The lowest BCUT2D eigenvalue weighted by Crippen LogP contribution is -2.48. The molecule has 9 heteroatoms. The van der Waals surface area contributed by atoms with Crippen LogP contribution < -0.4 is 10.6 Å². The number of aliphatic hydroxyl groups excluding tert-OH is 1. The third-order valence-electron chi connectivity index (χ3n) is 6.29. The number of hydrogen-bond acceptors (Lipinski definition) is 4. The molecule has 0 spiro atoms. The van der Waals surface area contributed by atoms with Gasteiger partial charge in [0.05, 0.1) is 17.7 Å². The Bertz CT molecular complexity index is 1230. The highest BCUT2D eigenvalue weighted by Gasteiger charge is 2.30. The summed E-state index contributed by atoms with van der Waals surface area (Å²) in [5, 5.41) is 16.9. The summed E-state index contributed by atoms with van der Waals surface area (Å²) in [4.78, 5) is 27.4. The minimum absolute atomic E-state index is 0.0361. The van der Waals surface area contributed by atoms with Gasteiger partial charge < -0.3 is 20.6 Å². The van der Waals surface area contributed by atoms with Crippen molar-refractivity contribution >= 4 is 11.8 Å². The molecule has 6 nitrogen and oxygen atoms in total. The van der Waals surface area contributed by atoms with E-state index in [2.05, 4.69) is 10.6 Å². The molecule has 0 aliphatic heterocycles. The standard InChI is InChI=1S/C30H34F3N3O3/c1-3-15-36(2)29(39)24-13-8-12-23(18-24)28(38)35-26(17-21-9-5-4-6-10-21)27(37)20-34-19-22-11-7-14-25(16-22)30(31,32)33/h4-14,16,18,26-27,34,37H,3,15,17,19-20H2,1-2H3,(H,35,38)/t26-,27+/m0/s1. The van der Waals surface area contributed by atoms with Crippen molar-refractivity contribution in [3.05, 3.63) is 107 Å². The number of carbonyl (C=O) groups excluding carboxylic acids is 2. The molecule has 0 saturated heterocycles. The van der Waals surface area contributed by atoms with Crippen LogP contribution in [0.3, 0.4) is 0 Å². The number of halogens is 3. The Labute approximate surface area is 226 Å². The first-order chi connectivity index (χ1) is 18.6. The smallest absolute Gasteiger partial charge is 0.390 e. The Balaban J connectivity index is 1.70. The van der Waals surface area contributed by atoms with Gasteiger partial charge in [0.25, 0.3) is 11.8 Å². The zero-order chi connectivity index (χ0) is 28.4. The molecular weight excluding hydrogens is 507 g/mol. The van der Waals surface area contributed by atoms with Crippen LogP contribution in [0.15, 0.2) is 78.9 Å². The van der Waals surface area contributed by atoms with Crippen molar-refractivity contribution in [2.45, 2.75) is 44.6 Å². The van der Waals surface area contributed by atoms with Gasteiger partial charge in [0.15, 0.2) is 0 Å². The molecule has 208 valence electrons. The SMILES string of the molecule is CCCN(C)C(=O)c1cccc(C(=O)N[C@@H](Cc2ccccc2)[C@H](O)CNCc2cccc(C(F)(F)F)c2)c1. The zero-order valence-electron chi connectivity index (χ0n) is 22.0. The van der Waals surface area contributed by atoms with Gasteiger partial charge in [-0.2, -0.15) is 13.2 Å². The maximum Gasteiger partial charge on any atom is 0.416 e. The minimum Gasteiger partial charge on any atom is -0.390 e. The van der Waals surface area contributed by atoms with Crippen molar-refractivity contribution in [2.75, 3.05) is 20.1 Å². The fourth-order valence-electron chi connectivity index (χ4n) is 4.22. The Hall–Kier alpha value is -3.69. The van der Waals surface area contributed by atoms with Crippen molar-refractivity contribution < 1.29 is 27.9 Å². The van der Waals surface area contributed by atoms with Crippen LogP contribution in [-0.2, 0) is 19.1 Å². The van der Waals surface area contributed by atoms with Gasteiger partial charge in [-0.05, 0) is 48.2 Å². The van der Waals surface area contributed by atoms with Crippen molar-refractivity contribution in [2.24, 2.45) is 0 Å². The highest BCUT2D eigenvalue weighted by Crippen LogP contribution is 2.29. The van der Waals surface area contributed by atoms with Crippen molar-refractivity contribution in [3.63, 3.8) is 0 Å². The van der Waals surface area contributed by atoms with E-state index in [1.807, 2.05) is 37.3 Å². The van der Waals surface area contributed by atoms with E-state index in [0.29, 0.717) is 24.1 Å². The number of nitrogens with one attached hydrogen (secondary N) is 2. The lowest BCUT2D eigenvalue weighted by molar-refractivity contribution is -0.137. The second kappa shape index (κ2) is 13.9. The summed E-state index contributed by atoms with van der Waals surface area (Å²) >= 11 is 0. The average Bonchev–Trinajstić information content (AvgIpc) is 2.92. The van der Waals surface area contributed by atoms with Crippen molar-refractivity contribution in [3.8, 4) is 0 Å². The van der Waals surface area contributed by atoms with Crippen LogP contribution in [0.25, 0.3) is 0 Å². The molecule has 0 aliphatic carbocycles. The number of aliphatic hydroxyl groups is 1. The molecule has 0 saturated carbocycles. The van der Waals surface area contributed by atoms with Gasteiger partial charge >= 0.3 is 6.18 Å². The second-order valence-corrected chi connectivity index (χ2v) is 9.47. The molecule has 3 rings (SSSR count). The van der Waals surface area contributed by atoms with Gasteiger partial charge in [-0.3, -0.25) is 9.59 Å². The maximum absolute atomic E-state index is 13.2. The van der Waals surface area contributed by atoms with E-state index in [1.165, 1.54) is 12.1 Å². The lowest BCUT2D eigenvalue weighted by atomic mass is 10.00. The minimum atomic E-state index is -4.44. The summed E-state index contributed by atoms with van der Waals surface area (Å²) < 4.78 is 39.0. The molecule has 3 N–H and O–H groups in total. The molecule has 2 amide bonds. The van der Waals surface area contributed by atoms with E-state index < -0.39 is 29.8 Å². The number of carbonyl (C=O) groups is 2. The van der Waals surface area contributed by atoms with Crippen LogP contribution in [0.4, 0.5) is 13.2 Å². The Morgan fingerprint density at radius 1 is 0.923 bits per heavy atom. The number of rotatable bonds is 12. The Morgan fingerprint density at radius 2 is 1.59 bits per heavy atom. The van der Waals surface area contributed by atoms with Crippen LogP contribution >= 0.6 is 0 Å². The summed E-state index contributed by atoms with van der Waals surface area (Å²) in [5.41, 5.74) is 1.26. The van der Waals surface area contributed by atoms with E-state index in [0.717, 1.165) is 24.1 Å². The first-order valence-corrected chi connectivity index (χ1v) is 12.8. The number of hydrogen-bond donors (Lipinski definition) is 3. The largest absolute Gasteiger partial charge is 0.416 e. The molecule has 0 aliphatic rings. The molecule has 2 atom stereocenters. The predicted octanol–water partition coefficient (Wildman–Crippen LogP) is 4.68. The maximum atomic E-state index is 13.2. The summed E-state index contributed by atoms with van der Waals surface area (Å²) in [6.07, 6.45) is -4.34. The highest BCUT2D eigenvalue weighted by atomic mass is 19.4. The number of nitrogens with zero attached hydrogens (tertiary/aromatic N) is 1. The third kappa shape index (κ3) is 8.94. The third-order valence-corrected chi connectivity index (χ3v) is 6.29. The molecule has 0 heterocycles. The number of amides is 2. The first-order valence-electron chi connectivity index (χ1n) is 12.8. The molecule has 0 bridgehead atoms. The highest BCUT2D eigenvalue weighted by molar-refractivity contribution is 5.99. The fourth-order valence-corrected chi connectivity index (χ4v) is 4.22. The van der Waals surface area contributed by atoms with E-state index in [9.17, 15) is 27.9 Å². The van der Waals surface area contributed by atoms with E-state index in [4.69, 9.17) is 0 Å². The average molecular weight is 542 g/mol. The second-order valence-electron chi connectivity index (χ2n) is 9.47. The zero-order valence-corrected chi connectivity index (χ0v) is 22.0. The Kier molecular flexibility index (Phi) is 10.7. The van der Waals surface area contributed by atoms with Crippen molar-refractivity contribution in [1.82, 2.24) is 15.5 Å². The molecule has 0 fully saturated rings. The van der Waals surface area contributed by atoms with Crippen LogP contribution in [0.5, 0.6) is 0 Å². The van der Waals surface area contributed by atoms with Gasteiger partial charge in [-0.25, -0.2) is 0 Å². The van der Waals surface area contributed by atoms with Gasteiger partial charge in [-0.15, -0.1) is 0 Å². The summed E-state index contributed by atoms with van der Waals surface area (Å²) in [6.45, 7) is 2.71. The van der Waals surface area contributed by atoms with Crippen LogP contribution in [0.2, 0.25) is 0 Å². The van der Waals surface area contributed by atoms with Crippen LogP contribution in [-0.4, -0.2) is 54.1 Å². The van der Waals surface area contributed by atoms with Gasteiger partial charge in [0, 0.05) is 37.8 Å². The number of alkyl halides is 3. The van der Waals surface area contributed by atoms with E-state index in [1.54, 1.807) is 36.2 Å². The predicted molar refractivity (Wildman–Crippen MR) is 144 cm³/mol. The molecule has 3 aromatic carbocycles. The molecule has 3 aromatic rings. The van der Waals surface area contributed by atoms with E-state index in [-0.39, 0.29) is 24.6 Å². The summed E-state index contributed by atoms with van der Waals surface area (Å²) in [6, 6.07) is 20.0. The fraction of sp³-hybridized carbons (Fsp3) is 0.333. The van der Waals surface area contributed by atoms with Crippen molar-refractivity contribution in [1.29, 1.82) is 0 Å². The van der Waals surface area contributed by atoms with Crippen LogP contribution in [0.1, 0.15) is 50.8 Å². The summed E-state index contributed by atoms with van der Waals surface area (Å²) in [5.74, 6) is -0.633. The monoisotopic (exact) mass is 541 g/mol. The molecular formula is C30H34F3N3O3. The molecule has 0 unspecified atom stereocenters. The molecule has 39 heavy (non-hydrogen) atoms. The van der Waals surface area contributed by atoms with Crippen LogP contribution in [0, 0.1) is 0 Å². The normalized spacial score (nSPS) is 13.0. The van der Waals surface area contributed by atoms with E-state index >= 15 is 0 Å². The quantitative estimate of drug-likeness (QED) is 0.311. The van der Waals surface area contributed by atoms with Gasteiger partial charge in [0.1, 0.15) is 0 Å².